The molecule has 0 aliphatic heterocycles. The van der Waals surface area contributed by atoms with Gasteiger partial charge >= 0.3 is 0 Å². The van der Waals surface area contributed by atoms with Crippen LogP contribution in [-0.2, 0) is 11.3 Å². The minimum absolute atomic E-state index is 0.0458. The standard InChI is InChI=1S/C11H16O.C7H8O/c1-11(2,3)12-9-10-7-5-4-6-8-10;1-8-7-5-3-2-4-6-7/h4-8H,9H2,1-3H3;2-6H,1H3. The molecule has 2 aromatic carbocycles. The highest BCUT2D eigenvalue weighted by Crippen LogP contribution is 2.11. The Kier molecular flexibility index (Phi) is 6.82. The molecule has 0 fully saturated rings. The van der Waals surface area contributed by atoms with E-state index in [1.807, 2.05) is 48.5 Å². The van der Waals surface area contributed by atoms with Crippen molar-refractivity contribution < 1.29 is 9.47 Å². The lowest BCUT2D eigenvalue weighted by Crippen LogP contribution is -2.18. The lowest BCUT2D eigenvalue weighted by molar-refractivity contribution is -0.0149. The Bertz CT molecular complexity index is 458. The first-order chi connectivity index (χ1) is 9.51. The molecule has 2 rings (SSSR count). The summed E-state index contributed by atoms with van der Waals surface area (Å²) in [5, 5.41) is 0. The highest BCUT2D eigenvalue weighted by Gasteiger charge is 2.09. The number of hydrogen-bond acceptors (Lipinski definition) is 2. The van der Waals surface area contributed by atoms with Crippen LogP contribution in [0, 0.1) is 0 Å². The number of ether oxygens (including phenoxy) is 2. The van der Waals surface area contributed by atoms with Gasteiger partial charge in [-0.25, -0.2) is 0 Å². The van der Waals surface area contributed by atoms with Gasteiger partial charge in [-0.1, -0.05) is 48.5 Å². The van der Waals surface area contributed by atoms with Gasteiger partial charge in [0.15, 0.2) is 0 Å². The molecule has 0 saturated carbocycles. The highest BCUT2D eigenvalue weighted by molar-refractivity contribution is 5.20. The van der Waals surface area contributed by atoms with Gasteiger partial charge in [0.1, 0.15) is 5.75 Å². The van der Waals surface area contributed by atoms with Crippen LogP contribution in [0.5, 0.6) is 5.75 Å². The van der Waals surface area contributed by atoms with E-state index < -0.39 is 0 Å². The van der Waals surface area contributed by atoms with E-state index in [1.165, 1.54) is 5.56 Å². The van der Waals surface area contributed by atoms with Crippen molar-refractivity contribution in [3.05, 3.63) is 66.2 Å². The van der Waals surface area contributed by atoms with E-state index in [0.717, 1.165) is 5.75 Å². The van der Waals surface area contributed by atoms with E-state index in [-0.39, 0.29) is 5.60 Å². The SMILES string of the molecule is CC(C)(C)OCc1ccccc1.COc1ccccc1. The summed E-state index contributed by atoms with van der Waals surface area (Å²) in [5.74, 6) is 0.910. The molecule has 0 amide bonds. The summed E-state index contributed by atoms with van der Waals surface area (Å²) in [6.07, 6.45) is 0. The van der Waals surface area contributed by atoms with Crippen molar-refractivity contribution in [2.45, 2.75) is 33.0 Å². The number of methoxy groups -OCH3 is 1. The van der Waals surface area contributed by atoms with Crippen molar-refractivity contribution in [2.75, 3.05) is 7.11 Å². The molecule has 2 heteroatoms. The van der Waals surface area contributed by atoms with Crippen molar-refractivity contribution in [2.24, 2.45) is 0 Å². The smallest absolute Gasteiger partial charge is 0.118 e. The zero-order valence-corrected chi connectivity index (χ0v) is 12.8. The van der Waals surface area contributed by atoms with Gasteiger partial charge in [-0.15, -0.1) is 0 Å². The second-order valence-electron chi connectivity index (χ2n) is 5.40. The van der Waals surface area contributed by atoms with Crippen LogP contribution in [0.2, 0.25) is 0 Å². The van der Waals surface area contributed by atoms with Gasteiger partial charge in [0.2, 0.25) is 0 Å². The van der Waals surface area contributed by atoms with E-state index in [1.54, 1.807) is 7.11 Å². The Hall–Kier alpha value is -1.80. The molecule has 108 valence electrons. The average molecular weight is 272 g/mol. The van der Waals surface area contributed by atoms with Gasteiger partial charge in [0.05, 0.1) is 19.3 Å². The Morgan fingerprint density at radius 3 is 1.70 bits per heavy atom. The molecule has 0 radical (unpaired) electrons. The third-order valence-corrected chi connectivity index (χ3v) is 2.49. The lowest BCUT2D eigenvalue weighted by Gasteiger charge is -2.19. The van der Waals surface area contributed by atoms with E-state index in [9.17, 15) is 0 Å². The van der Waals surface area contributed by atoms with E-state index in [2.05, 4.69) is 32.9 Å². The van der Waals surface area contributed by atoms with E-state index in [4.69, 9.17) is 9.47 Å². The molecule has 0 bridgehead atoms. The first-order valence-corrected chi connectivity index (χ1v) is 6.78. The lowest BCUT2D eigenvalue weighted by atomic mass is 10.2. The summed E-state index contributed by atoms with van der Waals surface area (Å²) in [7, 11) is 1.66. The normalized spacial score (nSPS) is 10.4. The molecule has 0 aliphatic carbocycles. The first kappa shape index (κ1) is 16.3. The highest BCUT2D eigenvalue weighted by atomic mass is 16.5. The number of rotatable bonds is 3. The van der Waals surface area contributed by atoms with Crippen molar-refractivity contribution >= 4 is 0 Å². The Morgan fingerprint density at radius 2 is 1.30 bits per heavy atom. The van der Waals surface area contributed by atoms with Crippen LogP contribution < -0.4 is 4.74 Å². The quantitative estimate of drug-likeness (QED) is 0.806. The van der Waals surface area contributed by atoms with Crippen LogP contribution in [0.25, 0.3) is 0 Å². The minimum atomic E-state index is -0.0458. The van der Waals surface area contributed by atoms with Crippen LogP contribution in [-0.4, -0.2) is 12.7 Å². The second-order valence-corrected chi connectivity index (χ2v) is 5.40. The second kappa shape index (κ2) is 8.39. The maximum atomic E-state index is 5.62. The molecular weight excluding hydrogens is 248 g/mol. The maximum absolute atomic E-state index is 5.62. The van der Waals surface area contributed by atoms with Crippen LogP contribution in [0.3, 0.4) is 0 Å². The van der Waals surface area contributed by atoms with Gasteiger partial charge in [0.25, 0.3) is 0 Å². The molecule has 0 N–H and O–H groups in total. The third-order valence-electron chi connectivity index (χ3n) is 2.49. The zero-order valence-electron chi connectivity index (χ0n) is 12.8. The van der Waals surface area contributed by atoms with Crippen molar-refractivity contribution in [1.29, 1.82) is 0 Å². The Balaban J connectivity index is 0.000000217. The predicted molar refractivity (Wildman–Crippen MR) is 84.0 cm³/mol. The van der Waals surface area contributed by atoms with E-state index >= 15 is 0 Å². The summed E-state index contributed by atoms with van der Waals surface area (Å²) in [6, 6.07) is 19.9. The topological polar surface area (TPSA) is 18.5 Å². The Morgan fingerprint density at radius 1 is 0.800 bits per heavy atom. The fourth-order valence-corrected chi connectivity index (χ4v) is 1.43. The molecular formula is C18H24O2. The maximum Gasteiger partial charge on any atom is 0.118 e. The molecule has 0 aromatic heterocycles. The Labute approximate surface area is 122 Å². The van der Waals surface area contributed by atoms with Crippen molar-refractivity contribution in [3.63, 3.8) is 0 Å². The molecule has 0 atom stereocenters. The third kappa shape index (κ3) is 7.59. The molecule has 0 saturated heterocycles. The first-order valence-electron chi connectivity index (χ1n) is 6.78. The van der Waals surface area contributed by atoms with Crippen LogP contribution in [0.1, 0.15) is 26.3 Å². The summed E-state index contributed by atoms with van der Waals surface area (Å²) in [6.45, 7) is 6.90. The van der Waals surface area contributed by atoms with Gasteiger partial charge in [-0.05, 0) is 38.5 Å². The van der Waals surface area contributed by atoms with Gasteiger partial charge < -0.3 is 9.47 Å². The fourth-order valence-electron chi connectivity index (χ4n) is 1.43. The molecule has 0 spiro atoms. The monoisotopic (exact) mass is 272 g/mol. The number of hydrogen-bond donors (Lipinski definition) is 0. The number of para-hydroxylation sites is 1. The molecule has 2 nitrogen and oxygen atoms in total. The average Bonchev–Trinajstić information content (AvgIpc) is 2.47. The largest absolute Gasteiger partial charge is 0.497 e. The predicted octanol–water partition coefficient (Wildman–Crippen LogP) is 4.70. The van der Waals surface area contributed by atoms with E-state index in [0.29, 0.717) is 6.61 Å². The van der Waals surface area contributed by atoms with Gasteiger partial charge in [-0.2, -0.15) is 0 Å². The molecule has 20 heavy (non-hydrogen) atoms. The van der Waals surface area contributed by atoms with Gasteiger partial charge in [-0.3, -0.25) is 0 Å². The molecule has 2 aromatic rings. The zero-order chi connectivity index (χ0) is 14.8. The van der Waals surface area contributed by atoms with Crippen LogP contribution in [0.4, 0.5) is 0 Å². The fraction of sp³-hybridized carbons (Fsp3) is 0.333. The molecule has 0 unspecified atom stereocenters. The molecule has 0 heterocycles. The van der Waals surface area contributed by atoms with Gasteiger partial charge in [0, 0.05) is 0 Å². The summed E-state index contributed by atoms with van der Waals surface area (Å²) in [4.78, 5) is 0. The van der Waals surface area contributed by atoms with Crippen LogP contribution in [0.15, 0.2) is 60.7 Å². The number of benzene rings is 2. The molecule has 0 aliphatic rings. The summed E-state index contributed by atoms with van der Waals surface area (Å²) < 4.78 is 10.5. The minimum Gasteiger partial charge on any atom is -0.497 e. The van der Waals surface area contributed by atoms with Crippen molar-refractivity contribution in [1.82, 2.24) is 0 Å². The van der Waals surface area contributed by atoms with Crippen LogP contribution >= 0.6 is 0 Å². The van der Waals surface area contributed by atoms with Crippen molar-refractivity contribution in [3.8, 4) is 5.75 Å². The summed E-state index contributed by atoms with van der Waals surface area (Å²) >= 11 is 0. The summed E-state index contributed by atoms with van der Waals surface area (Å²) in [5.41, 5.74) is 1.18.